The van der Waals surface area contributed by atoms with E-state index in [4.69, 9.17) is 4.42 Å². The van der Waals surface area contributed by atoms with Crippen molar-refractivity contribution >= 4 is 34.5 Å². The fraction of sp³-hybridized carbons (Fsp3) is 0.312. The molecule has 122 valence electrons. The third kappa shape index (κ3) is 1.92. The van der Waals surface area contributed by atoms with Gasteiger partial charge in [-0.1, -0.05) is 6.07 Å². The lowest BCUT2D eigenvalue weighted by Crippen LogP contribution is -2.70. The summed E-state index contributed by atoms with van der Waals surface area (Å²) in [6.07, 6.45) is 1.86. The molecule has 0 spiro atoms. The first-order valence-corrected chi connectivity index (χ1v) is 8.64. The maximum atomic E-state index is 11.2. The van der Waals surface area contributed by atoms with Crippen LogP contribution in [0.5, 0.6) is 0 Å². The second-order valence-corrected chi connectivity index (χ2v) is 7.02. The van der Waals surface area contributed by atoms with E-state index in [1.807, 2.05) is 28.5 Å². The standard InChI is InChI=1S/C16H14N4O3S/c21-16(22)20-9-6-10(20)8-19(7-9)15-18-12-3-1-2-11(13(12)23-15)14-17-4-5-24-14/h1-5,9-10H,6-8H2,(H,21,22). The third-order valence-electron chi connectivity index (χ3n) is 4.75. The summed E-state index contributed by atoms with van der Waals surface area (Å²) in [5, 5.41) is 12.1. The number of piperidine rings is 1. The number of fused-ring (bicyclic) bond motifs is 3. The number of oxazole rings is 1. The van der Waals surface area contributed by atoms with Crippen LogP contribution in [0.4, 0.5) is 10.8 Å². The number of thiazole rings is 1. The second kappa shape index (κ2) is 4.94. The van der Waals surface area contributed by atoms with Gasteiger partial charge < -0.3 is 14.4 Å². The Bertz CT molecular complexity index is 911. The molecule has 2 bridgehead atoms. The molecular formula is C16H14N4O3S. The normalized spacial score (nSPS) is 22.7. The van der Waals surface area contributed by atoms with Gasteiger partial charge in [0.2, 0.25) is 0 Å². The maximum absolute atomic E-state index is 11.2. The van der Waals surface area contributed by atoms with Gasteiger partial charge in [-0.15, -0.1) is 11.3 Å². The summed E-state index contributed by atoms with van der Waals surface area (Å²) in [5.74, 6) is 0. The predicted molar refractivity (Wildman–Crippen MR) is 89.4 cm³/mol. The minimum atomic E-state index is -0.834. The maximum Gasteiger partial charge on any atom is 0.407 e. The van der Waals surface area contributed by atoms with Crippen molar-refractivity contribution in [3.8, 4) is 10.6 Å². The highest BCUT2D eigenvalue weighted by Gasteiger charge is 2.48. The van der Waals surface area contributed by atoms with Crippen molar-refractivity contribution in [2.24, 2.45) is 0 Å². The SMILES string of the molecule is O=C(O)N1C2CC1CN(c1nc3cccc(-c4nccs4)c3o1)C2. The van der Waals surface area contributed by atoms with Crippen LogP contribution in [0.15, 0.2) is 34.2 Å². The van der Waals surface area contributed by atoms with Gasteiger partial charge in [-0.2, -0.15) is 4.98 Å². The topological polar surface area (TPSA) is 82.7 Å². The van der Waals surface area contributed by atoms with Crippen molar-refractivity contribution in [1.82, 2.24) is 14.9 Å². The summed E-state index contributed by atoms with van der Waals surface area (Å²) >= 11 is 1.56. The molecule has 3 aromatic rings. The van der Waals surface area contributed by atoms with Crippen molar-refractivity contribution in [3.05, 3.63) is 29.8 Å². The zero-order chi connectivity index (χ0) is 16.3. The Balaban J connectivity index is 1.49. The van der Waals surface area contributed by atoms with Gasteiger partial charge in [0.15, 0.2) is 5.58 Å². The molecule has 0 aliphatic carbocycles. The molecule has 1 N–H and O–H groups in total. The van der Waals surface area contributed by atoms with Crippen molar-refractivity contribution in [2.45, 2.75) is 18.5 Å². The van der Waals surface area contributed by atoms with Crippen LogP contribution in [0.25, 0.3) is 21.7 Å². The van der Waals surface area contributed by atoms with Gasteiger partial charge in [0, 0.05) is 24.7 Å². The first-order chi connectivity index (χ1) is 11.7. The molecule has 0 radical (unpaired) electrons. The largest absolute Gasteiger partial charge is 0.465 e. The highest BCUT2D eigenvalue weighted by Crippen LogP contribution is 2.37. The number of rotatable bonds is 2. The van der Waals surface area contributed by atoms with E-state index in [0.29, 0.717) is 19.1 Å². The van der Waals surface area contributed by atoms with E-state index in [2.05, 4.69) is 9.97 Å². The first kappa shape index (κ1) is 13.8. The molecule has 5 heterocycles. The molecule has 1 amide bonds. The van der Waals surface area contributed by atoms with Crippen LogP contribution in [0, 0.1) is 0 Å². The van der Waals surface area contributed by atoms with Crippen LogP contribution in [0.1, 0.15) is 6.42 Å². The van der Waals surface area contributed by atoms with Gasteiger partial charge in [0.1, 0.15) is 10.5 Å². The van der Waals surface area contributed by atoms with E-state index >= 15 is 0 Å². The van der Waals surface area contributed by atoms with Gasteiger partial charge >= 0.3 is 6.09 Å². The van der Waals surface area contributed by atoms with Gasteiger partial charge in [0.05, 0.1) is 17.6 Å². The van der Waals surface area contributed by atoms with Gasteiger partial charge in [0.25, 0.3) is 6.01 Å². The minimum absolute atomic E-state index is 0.0368. The Labute approximate surface area is 141 Å². The summed E-state index contributed by atoms with van der Waals surface area (Å²) < 4.78 is 6.04. The van der Waals surface area contributed by atoms with Gasteiger partial charge in [-0.05, 0) is 18.6 Å². The molecule has 7 nitrogen and oxygen atoms in total. The van der Waals surface area contributed by atoms with E-state index in [1.54, 1.807) is 22.4 Å². The van der Waals surface area contributed by atoms with Crippen molar-refractivity contribution in [3.63, 3.8) is 0 Å². The summed E-state index contributed by atoms with van der Waals surface area (Å²) in [4.78, 5) is 23.8. The van der Waals surface area contributed by atoms with Crippen molar-refractivity contribution < 1.29 is 14.3 Å². The van der Waals surface area contributed by atoms with E-state index in [9.17, 15) is 9.90 Å². The average Bonchev–Trinajstić information content (AvgIpc) is 3.23. The van der Waals surface area contributed by atoms with Gasteiger partial charge in [-0.25, -0.2) is 9.78 Å². The minimum Gasteiger partial charge on any atom is -0.465 e. The lowest BCUT2D eigenvalue weighted by atomic mass is 9.88. The third-order valence-corrected chi connectivity index (χ3v) is 5.56. The molecule has 2 atom stereocenters. The molecule has 8 heteroatoms. The van der Waals surface area contributed by atoms with Crippen molar-refractivity contribution in [1.29, 1.82) is 0 Å². The summed E-state index contributed by atoms with van der Waals surface area (Å²) in [6, 6.07) is 6.49. The Hall–Kier alpha value is -2.61. The average molecular weight is 342 g/mol. The number of carboxylic acid groups (broad SMARTS) is 1. The zero-order valence-corrected chi connectivity index (χ0v) is 13.4. The van der Waals surface area contributed by atoms with Crippen molar-refractivity contribution in [2.75, 3.05) is 18.0 Å². The van der Waals surface area contributed by atoms with Crippen LogP contribution in [-0.4, -0.2) is 51.2 Å². The molecule has 2 aromatic heterocycles. The number of benzene rings is 1. The number of piperazine rings is 1. The van der Waals surface area contributed by atoms with Crippen LogP contribution >= 0.6 is 11.3 Å². The molecule has 24 heavy (non-hydrogen) atoms. The fourth-order valence-corrected chi connectivity index (χ4v) is 4.34. The van der Waals surface area contributed by atoms with E-state index in [-0.39, 0.29) is 12.1 Å². The highest BCUT2D eigenvalue weighted by molar-refractivity contribution is 7.13. The second-order valence-electron chi connectivity index (χ2n) is 6.13. The molecule has 3 saturated heterocycles. The Morgan fingerprint density at radius 3 is 2.88 bits per heavy atom. The summed E-state index contributed by atoms with van der Waals surface area (Å²) in [7, 11) is 0. The molecule has 2 unspecified atom stereocenters. The predicted octanol–water partition coefficient (Wildman–Crippen LogP) is 2.89. The Morgan fingerprint density at radius 1 is 1.33 bits per heavy atom. The molecular weight excluding hydrogens is 328 g/mol. The van der Waals surface area contributed by atoms with Gasteiger partial charge in [-0.3, -0.25) is 4.90 Å². The molecule has 3 fully saturated rings. The number of anilines is 1. The quantitative estimate of drug-likeness (QED) is 0.771. The molecule has 0 saturated carbocycles. The number of amides is 1. The number of para-hydroxylation sites is 1. The number of hydrogen-bond donors (Lipinski definition) is 1. The zero-order valence-electron chi connectivity index (χ0n) is 12.6. The number of aromatic nitrogens is 2. The van der Waals surface area contributed by atoms with E-state index in [1.165, 1.54) is 0 Å². The van der Waals surface area contributed by atoms with Crippen LogP contribution < -0.4 is 4.90 Å². The molecule has 3 aliphatic heterocycles. The van der Waals surface area contributed by atoms with E-state index < -0.39 is 6.09 Å². The highest BCUT2D eigenvalue weighted by atomic mass is 32.1. The lowest BCUT2D eigenvalue weighted by molar-refractivity contribution is 0.0101. The Kier molecular flexibility index (Phi) is 2.84. The summed E-state index contributed by atoms with van der Waals surface area (Å²) in [6.45, 7) is 1.25. The summed E-state index contributed by atoms with van der Waals surface area (Å²) in [5.41, 5.74) is 2.47. The fourth-order valence-electron chi connectivity index (χ4n) is 3.68. The lowest BCUT2D eigenvalue weighted by Gasteiger charge is -2.54. The van der Waals surface area contributed by atoms with Crippen LogP contribution in [0.2, 0.25) is 0 Å². The Morgan fingerprint density at radius 2 is 2.17 bits per heavy atom. The van der Waals surface area contributed by atoms with E-state index in [0.717, 1.165) is 28.1 Å². The van der Waals surface area contributed by atoms with Crippen LogP contribution in [0.3, 0.4) is 0 Å². The monoisotopic (exact) mass is 342 g/mol. The number of carbonyl (C=O) groups is 1. The first-order valence-electron chi connectivity index (χ1n) is 7.76. The molecule has 6 rings (SSSR count). The number of nitrogens with zero attached hydrogens (tertiary/aromatic N) is 4. The van der Waals surface area contributed by atoms with Crippen LogP contribution in [-0.2, 0) is 0 Å². The molecule has 3 aliphatic rings. The smallest absolute Gasteiger partial charge is 0.407 e. The molecule has 1 aromatic carbocycles. The number of hydrogen-bond acceptors (Lipinski definition) is 6.